The molecule has 2 aromatic carbocycles. The summed E-state index contributed by atoms with van der Waals surface area (Å²) < 4.78 is 8.49. The van der Waals surface area contributed by atoms with Crippen molar-refractivity contribution in [1.82, 2.24) is 10.2 Å². The molecule has 1 amide bonds. The molecule has 0 radical (unpaired) electrons. The van der Waals surface area contributed by atoms with Crippen LogP contribution in [0, 0.1) is 23.7 Å². The molecule has 1 N–H and O–H groups in total. The van der Waals surface area contributed by atoms with E-state index in [0.717, 1.165) is 115 Å². The first-order chi connectivity index (χ1) is 26.2. The fourth-order valence-electron chi connectivity index (χ4n) is 10.2. The monoisotopic (exact) mass is 853 g/mol. The Morgan fingerprint density at radius 1 is 0.963 bits per heavy atom. The Balaban J connectivity index is 1.12. The maximum Gasteiger partial charge on any atom is 0.307 e. The zero-order valence-electron chi connectivity index (χ0n) is 31.0. The molecule has 3 fully saturated rings. The van der Waals surface area contributed by atoms with Crippen LogP contribution in [0.1, 0.15) is 76.7 Å². The second kappa shape index (κ2) is 15.9. The number of para-hydroxylation sites is 1. The van der Waals surface area contributed by atoms with Gasteiger partial charge in [-0.15, -0.1) is 0 Å². The van der Waals surface area contributed by atoms with E-state index < -0.39 is 5.54 Å². The number of fused-ring (bicyclic) bond motifs is 2. The number of hydrogen-bond acceptors (Lipinski definition) is 6. The molecule has 0 bridgehead atoms. The average Bonchev–Trinajstić information content (AvgIpc) is 3.30. The fourth-order valence-corrected chi connectivity index (χ4v) is 11.3. The van der Waals surface area contributed by atoms with Crippen molar-refractivity contribution >= 4 is 60.8 Å². The third-order valence-electron chi connectivity index (χ3n) is 12.8. The topological polar surface area (TPSA) is 79.0 Å². The van der Waals surface area contributed by atoms with Gasteiger partial charge < -0.3 is 19.9 Å². The molecule has 4 aliphatic carbocycles. The molecule has 282 valence electrons. The van der Waals surface area contributed by atoms with E-state index in [-0.39, 0.29) is 35.5 Å². The summed E-state index contributed by atoms with van der Waals surface area (Å²) in [7, 11) is 0. The summed E-state index contributed by atoms with van der Waals surface area (Å²) in [5.41, 5.74) is 6.39. The van der Waals surface area contributed by atoms with Crippen LogP contribution in [0.15, 0.2) is 110 Å². The average molecular weight is 856 g/mol. The number of anilines is 1. The van der Waals surface area contributed by atoms with Gasteiger partial charge >= 0.3 is 5.97 Å². The lowest BCUT2D eigenvalue weighted by Crippen LogP contribution is -2.57. The van der Waals surface area contributed by atoms with Gasteiger partial charge in [0.25, 0.3) is 0 Å². The predicted molar refractivity (Wildman–Crippen MR) is 220 cm³/mol. The molecule has 1 spiro atoms. The number of rotatable bonds is 7. The number of ether oxygens (including phenoxy) is 1. The molecule has 2 aliphatic heterocycles. The molecule has 4 unspecified atom stereocenters. The van der Waals surface area contributed by atoms with Gasteiger partial charge in [-0.05, 0) is 111 Å². The number of likely N-dealkylation sites (tertiary alicyclic amines) is 1. The lowest BCUT2D eigenvalue weighted by molar-refractivity contribution is -0.138. The molecule has 2 saturated heterocycles. The Bertz CT molecular complexity index is 1960. The van der Waals surface area contributed by atoms with Crippen LogP contribution in [0.3, 0.4) is 0 Å². The van der Waals surface area contributed by atoms with Crippen LogP contribution in [-0.2, 0) is 19.1 Å². The van der Waals surface area contributed by atoms with Crippen molar-refractivity contribution in [3.63, 3.8) is 0 Å². The molecule has 7 nitrogen and oxygen atoms in total. The van der Waals surface area contributed by atoms with Gasteiger partial charge in [-0.3, -0.25) is 14.4 Å². The van der Waals surface area contributed by atoms with E-state index in [1.54, 1.807) is 0 Å². The van der Waals surface area contributed by atoms with E-state index in [0.29, 0.717) is 18.9 Å². The van der Waals surface area contributed by atoms with Crippen molar-refractivity contribution in [2.24, 2.45) is 23.7 Å². The Labute approximate surface area is 335 Å². The van der Waals surface area contributed by atoms with Gasteiger partial charge in [-0.1, -0.05) is 98.1 Å². The van der Waals surface area contributed by atoms with Crippen molar-refractivity contribution in [3.8, 4) is 0 Å². The third kappa shape index (κ3) is 7.40. The number of nitrogens with one attached hydrogen (secondary N) is 1. The van der Waals surface area contributed by atoms with E-state index >= 15 is 0 Å². The standard InChI is InChI=1S/C45H49Br2N3O4/c1-29(51)54-43-34(27-49-21-19-45(20-22-49)44(53)48-28-50(45)36-13-6-3-7-14-36)24-30(23-33-12-8-11-32-26-35(46)15-16-37(32)42(33)52)25-39-38(43)17-18-40(47)41(39)31-9-4-2-5-10-31/h2-7,9-10,13-15,18,26,30,33-34,37H,8,11-12,16-17,19-25,27-28H2,1H3,(H,48,53). The molecule has 9 heteroatoms. The smallest absolute Gasteiger partial charge is 0.307 e. The predicted octanol–water partition coefficient (Wildman–Crippen LogP) is 9.38. The number of benzene rings is 2. The molecule has 6 aliphatic rings. The molecule has 2 aromatic rings. The van der Waals surface area contributed by atoms with Gasteiger partial charge in [0.2, 0.25) is 5.91 Å². The second-order valence-electron chi connectivity index (χ2n) is 16.0. The highest BCUT2D eigenvalue weighted by Gasteiger charge is 2.51. The number of carbonyl (C=O) groups excluding carboxylic acids is 3. The van der Waals surface area contributed by atoms with Crippen molar-refractivity contribution in [2.75, 3.05) is 31.2 Å². The zero-order valence-corrected chi connectivity index (χ0v) is 34.2. The van der Waals surface area contributed by atoms with Crippen LogP contribution >= 0.6 is 31.9 Å². The SMILES string of the molecule is CC(=O)OC1=C2CC=C(Br)C(c3ccccc3)=C2CC(CC2CCCC3=CC(Br)=CCC3C2=O)CC1CN1CCC2(CC1)C(=O)NCN2c1ccccc1. The minimum Gasteiger partial charge on any atom is -0.431 e. The molecule has 54 heavy (non-hydrogen) atoms. The Morgan fingerprint density at radius 3 is 2.44 bits per heavy atom. The zero-order chi connectivity index (χ0) is 37.4. The van der Waals surface area contributed by atoms with Gasteiger partial charge in [0.15, 0.2) is 0 Å². The lowest BCUT2D eigenvalue weighted by Gasteiger charge is -2.44. The Morgan fingerprint density at radius 2 is 1.70 bits per heavy atom. The van der Waals surface area contributed by atoms with E-state index in [9.17, 15) is 14.4 Å². The molecular weight excluding hydrogens is 806 g/mol. The molecule has 1 saturated carbocycles. The van der Waals surface area contributed by atoms with E-state index in [1.165, 1.54) is 18.1 Å². The molecule has 2 heterocycles. The quantitative estimate of drug-likeness (QED) is 0.280. The number of halogens is 2. The van der Waals surface area contributed by atoms with E-state index in [4.69, 9.17) is 4.74 Å². The van der Waals surface area contributed by atoms with Gasteiger partial charge in [0.05, 0.1) is 6.67 Å². The van der Waals surface area contributed by atoms with Crippen molar-refractivity contribution < 1.29 is 19.1 Å². The third-order valence-corrected chi connectivity index (χ3v) is 14.0. The maximum absolute atomic E-state index is 14.3. The van der Waals surface area contributed by atoms with E-state index in [1.807, 2.05) is 24.3 Å². The number of carbonyl (C=O) groups is 3. The van der Waals surface area contributed by atoms with E-state index in [2.05, 4.69) is 102 Å². The van der Waals surface area contributed by atoms with Crippen molar-refractivity contribution in [1.29, 1.82) is 0 Å². The number of Topliss-reactive ketones (excluding diaryl/α,β-unsaturated/α-hetero) is 1. The Hall–Kier alpha value is -3.53. The van der Waals surface area contributed by atoms with Crippen LogP contribution in [0.5, 0.6) is 0 Å². The largest absolute Gasteiger partial charge is 0.431 e. The Kier molecular flexibility index (Phi) is 11.0. The van der Waals surface area contributed by atoms with Crippen LogP contribution in [0.4, 0.5) is 5.69 Å². The second-order valence-corrected chi connectivity index (χ2v) is 17.8. The minimum absolute atomic E-state index is 0.00130. The number of piperidine rings is 1. The first kappa shape index (κ1) is 37.4. The maximum atomic E-state index is 14.3. The highest BCUT2D eigenvalue weighted by Crippen LogP contribution is 2.50. The van der Waals surface area contributed by atoms with Gasteiger partial charge in [-0.25, -0.2) is 0 Å². The number of hydrogen-bond donors (Lipinski definition) is 1. The molecule has 8 rings (SSSR count). The van der Waals surface area contributed by atoms with Crippen LogP contribution < -0.4 is 10.2 Å². The lowest BCUT2D eigenvalue weighted by atomic mass is 9.77. The number of allylic oxidation sites excluding steroid dienone is 9. The van der Waals surface area contributed by atoms with Gasteiger partial charge in [0, 0.05) is 59.0 Å². The van der Waals surface area contributed by atoms with Crippen molar-refractivity contribution in [3.05, 3.63) is 116 Å². The van der Waals surface area contributed by atoms with Gasteiger partial charge in [0.1, 0.15) is 17.1 Å². The highest BCUT2D eigenvalue weighted by atomic mass is 79.9. The summed E-state index contributed by atoms with van der Waals surface area (Å²) in [6.45, 7) is 4.30. The van der Waals surface area contributed by atoms with Gasteiger partial charge in [-0.2, -0.15) is 0 Å². The van der Waals surface area contributed by atoms with Crippen LogP contribution in [0.2, 0.25) is 0 Å². The number of nitrogens with zero attached hydrogens (tertiary/aromatic N) is 2. The minimum atomic E-state index is -0.570. The number of ketones is 1. The summed E-state index contributed by atoms with van der Waals surface area (Å²) in [6, 6.07) is 20.7. The molecular formula is C45H49Br2N3O4. The first-order valence-corrected chi connectivity index (χ1v) is 21.3. The summed E-state index contributed by atoms with van der Waals surface area (Å²) in [5.74, 6) is 1.15. The molecule has 0 aromatic heterocycles. The summed E-state index contributed by atoms with van der Waals surface area (Å²) in [6.07, 6.45) is 14.8. The summed E-state index contributed by atoms with van der Waals surface area (Å²) in [4.78, 5) is 45.5. The fraction of sp³-hybridized carbons (Fsp3) is 0.444. The summed E-state index contributed by atoms with van der Waals surface area (Å²) >= 11 is 7.60. The normalized spacial score (nSPS) is 27.3. The van der Waals surface area contributed by atoms with Crippen LogP contribution in [0.25, 0.3) is 5.57 Å². The highest BCUT2D eigenvalue weighted by molar-refractivity contribution is 9.12. The first-order valence-electron chi connectivity index (χ1n) is 19.7. The van der Waals surface area contributed by atoms with Crippen molar-refractivity contribution in [2.45, 2.75) is 76.7 Å². The van der Waals surface area contributed by atoms with Crippen LogP contribution in [-0.4, -0.2) is 54.4 Å². The molecule has 4 atom stereocenters. The summed E-state index contributed by atoms with van der Waals surface area (Å²) in [5, 5.41) is 3.14. The number of esters is 1. The number of amides is 1.